The van der Waals surface area contributed by atoms with Crippen LogP contribution in [0, 0.1) is 5.41 Å². The molecule has 5 nitrogen and oxygen atoms in total. The standard InChI is InChI=1S/C15H22N2O3/c1-15(2,3)13(14(19)20)17-12(18)9-11(16)10-7-5-4-6-8-10/h4-8,11,13H,9,16H2,1-3H3,(H,17,18)(H,19,20)/t11?,13-/m1/s1. The fourth-order valence-corrected chi connectivity index (χ4v) is 1.89. The van der Waals surface area contributed by atoms with Crippen molar-refractivity contribution in [1.82, 2.24) is 5.32 Å². The number of carbonyl (C=O) groups is 2. The smallest absolute Gasteiger partial charge is 0.326 e. The second-order valence-corrected chi connectivity index (χ2v) is 5.93. The minimum atomic E-state index is -1.04. The molecule has 0 saturated heterocycles. The highest BCUT2D eigenvalue weighted by Gasteiger charge is 2.32. The molecule has 1 unspecified atom stereocenters. The summed E-state index contributed by atoms with van der Waals surface area (Å²) >= 11 is 0. The molecule has 0 heterocycles. The van der Waals surface area contributed by atoms with Crippen molar-refractivity contribution in [3.8, 4) is 0 Å². The highest BCUT2D eigenvalue weighted by Crippen LogP contribution is 2.20. The number of nitrogens with one attached hydrogen (secondary N) is 1. The number of rotatable bonds is 5. The number of carboxylic acid groups (broad SMARTS) is 1. The molecule has 0 aliphatic rings. The molecule has 20 heavy (non-hydrogen) atoms. The zero-order valence-electron chi connectivity index (χ0n) is 12.1. The Kier molecular flexibility index (Phi) is 5.27. The molecule has 0 aromatic heterocycles. The fourth-order valence-electron chi connectivity index (χ4n) is 1.89. The number of benzene rings is 1. The first kappa shape index (κ1) is 16.2. The third-order valence-corrected chi connectivity index (χ3v) is 3.05. The van der Waals surface area contributed by atoms with Crippen LogP contribution in [0.3, 0.4) is 0 Å². The molecule has 0 radical (unpaired) electrons. The van der Waals surface area contributed by atoms with Crippen molar-refractivity contribution >= 4 is 11.9 Å². The third-order valence-electron chi connectivity index (χ3n) is 3.05. The topological polar surface area (TPSA) is 92.4 Å². The molecule has 0 fully saturated rings. The molecule has 1 aromatic rings. The molecule has 0 saturated carbocycles. The fraction of sp³-hybridized carbons (Fsp3) is 0.467. The summed E-state index contributed by atoms with van der Waals surface area (Å²) in [5, 5.41) is 11.7. The van der Waals surface area contributed by atoms with Crippen molar-refractivity contribution < 1.29 is 14.7 Å². The van der Waals surface area contributed by atoms with Crippen LogP contribution in [0.1, 0.15) is 38.8 Å². The Morgan fingerprint density at radius 3 is 2.25 bits per heavy atom. The van der Waals surface area contributed by atoms with Crippen molar-refractivity contribution in [2.24, 2.45) is 11.1 Å². The number of nitrogens with two attached hydrogens (primary N) is 1. The van der Waals surface area contributed by atoms with Crippen molar-refractivity contribution in [2.45, 2.75) is 39.3 Å². The van der Waals surface area contributed by atoms with E-state index in [4.69, 9.17) is 10.8 Å². The lowest BCUT2D eigenvalue weighted by Crippen LogP contribution is -2.49. The van der Waals surface area contributed by atoms with E-state index in [0.29, 0.717) is 0 Å². The van der Waals surface area contributed by atoms with Gasteiger partial charge in [-0.3, -0.25) is 4.79 Å². The average molecular weight is 278 g/mol. The van der Waals surface area contributed by atoms with E-state index in [1.807, 2.05) is 30.3 Å². The molecule has 4 N–H and O–H groups in total. The highest BCUT2D eigenvalue weighted by atomic mass is 16.4. The maximum atomic E-state index is 11.9. The van der Waals surface area contributed by atoms with Gasteiger partial charge in [-0.2, -0.15) is 0 Å². The van der Waals surface area contributed by atoms with E-state index in [-0.39, 0.29) is 12.3 Å². The molecule has 1 rings (SSSR count). The van der Waals surface area contributed by atoms with Gasteiger partial charge in [0.25, 0.3) is 0 Å². The lowest BCUT2D eigenvalue weighted by molar-refractivity contribution is -0.145. The van der Waals surface area contributed by atoms with Gasteiger partial charge in [-0.15, -0.1) is 0 Å². The quantitative estimate of drug-likeness (QED) is 0.764. The minimum absolute atomic E-state index is 0.0594. The number of aliphatic carboxylic acids is 1. The van der Waals surface area contributed by atoms with Crippen molar-refractivity contribution in [3.63, 3.8) is 0 Å². The first-order valence-electron chi connectivity index (χ1n) is 6.54. The van der Waals surface area contributed by atoms with E-state index in [1.165, 1.54) is 0 Å². The molecule has 0 spiro atoms. The van der Waals surface area contributed by atoms with Crippen LogP contribution < -0.4 is 11.1 Å². The molecule has 1 amide bonds. The van der Waals surface area contributed by atoms with E-state index in [2.05, 4.69) is 5.32 Å². The molecule has 2 atom stereocenters. The van der Waals surface area contributed by atoms with Gasteiger partial charge in [0.2, 0.25) is 5.91 Å². The van der Waals surface area contributed by atoms with Crippen LogP contribution in [0.2, 0.25) is 0 Å². The van der Waals surface area contributed by atoms with Gasteiger partial charge in [-0.1, -0.05) is 51.1 Å². The highest BCUT2D eigenvalue weighted by molar-refractivity contribution is 5.84. The minimum Gasteiger partial charge on any atom is -0.480 e. The summed E-state index contributed by atoms with van der Waals surface area (Å²) in [6.45, 7) is 5.30. The predicted molar refractivity (Wildman–Crippen MR) is 77.0 cm³/mol. The summed E-state index contributed by atoms with van der Waals surface area (Å²) in [6.07, 6.45) is 0.0594. The van der Waals surface area contributed by atoms with Crippen molar-refractivity contribution in [2.75, 3.05) is 0 Å². The van der Waals surface area contributed by atoms with E-state index in [9.17, 15) is 9.59 Å². The largest absolute Gasteiger partial charge is 0.480 e. The zero-order chi connectivity index (χ0) is 15.3. The van der Waals surface area contributed by atoms with Crippen LogP contribution in [-0.4, -0.2) is 23.0 Å². The molecular formula is C15H22N2O3. The van der Waals surface area contributed by atoms with Crippen LogP contribution in [0.4, 0.5) is 0 Å². The number of hydrogen-bond donors (Lipinski definition) is 3. The summed E-state index contributed by atoms with van der Waals surface area (Å²) < 4.78 is 0. The third kappa shape index (κ3) is 4.66. The monoisotopic (exact) mass is 278 g/mol. The summed E-state index contributed by atoms with van der Waals surface area (Å²) in [5.74, 6) is -1.40. The van der Waals surface area contributed by atoms with E-state index >= 15 is 0 Å². The van der Waals surface area contributed by atoms with E-state index < -0.39 is 23.5 Å². The molecule has 0 aliphatic carbocycles. The number of carboxylic acids is 1. The van der Waals surface area contributed by atoms with Gasteiger partial charge in [0.05, 0.1) is 0 Å². The second kappa shape index (κ2) is 6.52. The van der Waals surface area contributed by atoms with Crippen molar-refractivity contribution in [1.29, 1.82) is 0 Å². The lowest BCUT2D eigenvalue weighted by Gasteiger charge is -2.28. The van der Waals surface area contributed by atoms with Crippen LogP contribution >= 0.6 is 0 Å². The summed E-state index contributed by atoms with van der Waals surface area (Å²) in [7, 11) is 0. The normalized spacial score (nSPS) is 14.4. The van der Waals surface area contributed by atoms with Crippen LogP contribution in [0.5, 0.6) is 0 Å². The first-order chi connectivity index (χ1) is 9.21. The van der Waals surface area contributed by atoms with Gasteiger partial charge in [0.15, 0.2) is 0 Å². The maximum Gasteiger partial charge on any atom is 0.326 e. The molecule has 0 bridgehead atoms. The Balaban J connectivity index is 2.65. The van der Waals surface area contributed by atoms with Crippen molar-refractivity contribution in [3.05, 3.63) is 35.9 Å². The SMILES string of the molecule is CC(C)(C)[C@H](NC(=O)CC(N)c1ccccc1)C(=O)O. The van der Waals surface area contributed by atoms with Crippen LogP contribution in [-0.2, 0) is 9.59 Å². The molecule has 1 aromatic carbocycles. The molecule has 0 aliphatic heterocycles. The number of amides is 1. The van der Waals surface area contributed by atoms with E-state index in [0.717, 1.165) is 5.56 Å². The van der Waals surface area contributed by atoms with Gasteiger partial charge in [-0.05, 0) is 11.0 Å². The number of hydrogen-bond acceptors (Lipinski definition) is 3. The Morgan fingerprint density at radius 2 is 1.80 bits per heavy atom. The van der Waals surface area contributed by atoms with Gasteiger partial charge in [0.1, 0.15) is 6.04 Å². The molecule has 110 valence electrons. The Labute approximate surface area is 119 Å². The van der Waals surface area contributed by atoms with E-state index in [1.54, 1.807) is 20.8 Å². The number of carbonyl (C=O) groups excluding carboxylic acids is 1. The molecular weight excluding hydrogens is 256 g/mol. The van der Waals surface area contributed by atoms with Gasteiger partial charge in [0, 0.05) is 12.5 Å². The van der Waals surface area contributed by atoms with Gasteiger partial charge < -0.3 is 16.2 Å². The Morgan fingerprint density at radius 1 is 1.25 bits per heavy atom. The first-order valence-corrected chi connectivity index (χ1v) is 6.54. The zero-order valence-corrected chi connectivity index (χ0v) is 12.1. The Bertz CT molecular complexity index is 466. The van der Waals surface area contributed by atoms with Gasteiger partial charge >= 0.3 is 5.97 Å². The second-order valence-electron chi connectivity index (χ2n) is 5.93. The van der Waals surface area contributed by atoms with Crippen LogP contribution in [0.15, 0.2) is 30.3 Å². The predicted octanol–water partition coefficient (Wildman–Crippen LogP) is 1.69. The Hall–Kier alpha value is -1.88. The van der Waals surface area contributed by atoms with Crippen LogP contribution in [0.25, 0.3) is 0 Å². The lowest BCUT2D eigenvalue weighted by atomic mass is 9.86. The summed E-state index contributed by atoms with van der Waals surface area (Å²) in [5.41, 5.74) is 6.24. The summed E-state index contributed by atoms with van der Waals surface area (Å²) in [6, 6.07) is 7.89. The molecule has 5 heteroatoms. The maximum absolute atomic E-state index is 11.9. The van der Waals surface area contributed by atoms with Gasteiger partial charge in [-0.25, -0.2) is 4.79 Å². The average Bonchev–Trinajstić information content (AvgIpc) is 2.35. The summed E-state index contributed by atoms with van der Waals surface area (Å²) in [4.78, 5) is 23.1.